The van der Waals surface area contributed by atoms with Gasteiger partial charge in [-0.3, -0.25) is 23.9 Å². The number of carbonyl (C=O) groups is 2. The number of rotatable bonds is 5. The van der Waals surface area contributed by atoms with Crippen molar-refractivity contribution in [2.45, 2.75) is 50.6 Å². The van der Waals surface area contributed by atoms with Crippen molar-refractivity contribution in [1.29, 1.82) is 0 Å². The molecule has 1 saturated heterocycles. The van der Waals surface area contributed by atoms with Crippen molar-refractivity contribution in [3.8, 4) is 11.4 Å². The van der Waals surface area contributed by atoms with Crippen LogP contribution in [0.3, 0.4) is 0 Å². The number of anilines is 1. The molecular formula is C29H31N5O3. The maximum atomic E-state index is 13.5. The highest BCUT2D eigenvalue weighted by molar-refractivity contribution is 5.99. The highest BCUT2D eigenvalue weighted by Crippen LogP contribution is 2.40. The standard InChI is InChI=1S/C29H31N5O3/c35-25(21-7-2-1-3-8-21)20-34-28-31-24(23-11-4-5-15-30-23)19-26(36)33(28)18-14-29(34)12-16-32(17-13-29)27(37)22-9-6-10-22/h1-5,7-8,11,15,19,22H,6,9-10,12-14,16-18,20H2. The van der Waals surface area contributed by atoms with Crippen molar-refractivity contribution in [2.75, 3.05) is 24.5 Å². The maximum Gasteiger partial charge on any atom is 0.255 e. The number of hydrogen-bond acceptors (Lipinski definition) is 6. The summed E-state index contributed by atoms with van der Waals surface area (Å²) in [6.45, 7) is 1.99. The van der Waals surface area contributed by atoms with Gasteiger partial charge in [0.25, 0.3) is 5.56 Å². The molecule has 0 unspecified atom stereocenters. The fourth-order valence-electron chi connectivity index (χ4n) is 5.90. The third-order valence-electron chi connectivity index (χ3n) is 8.39. The van der Waals surface area contributed by atoms with Crippen molar-refractivity contribution in [3.05, 3.63) is 76.7 Å². The van der Waals surface area contributed by atoms with Gasteiger partial charge in [-0.05, 0) is 44.2 Å². The van der Waals surface area contributed by atoms with E-state index in [1.165, 1.54) is 6.07 Å². The van der Waals surface area contributed by atoms with E-state index in [0.29, 0.717) is 42.5 Å². The van der Waals surface area contributed by atoms with Crippen LogP contribution >= 0.6 is 0 Å². The van der Waals surface area contributed by atoms with E-state index in [2.05, 4.69) is 9.88 Å². The zero-order chi connectivity index (χ0) is 25.4. The molecule has 1 saturated carbocycles. The molecule has 3 aliphatic rings. The first-order valence-electron chi connectivity index (χ1n) is 13.2. The summed E-state index contributed by atoms with van der Waals surface area (Å²) in [5.74, 6) is 0.954. The van der Waals surface area contributed by atoms with Gasteiger partial charge in [-0.15, -0.1) is 0 Å². The minimum absolute atomic E-state index is 0.0149. The van der Waals surface area contributed by atoms with Gasteiger partial charge >= 0.3 is 0 Å². The number of hydrogen-bond donors (Lipinski definition) is 0. The minimum Gasteiger partial charge on any atom is -0.342 e. The van der Waals surface area contributed by atoms with E-state index in [1.54, 1.807) is 10.8 Å². The molecule has 190 valence electrons. The Morgan fingerprint density at radius 3 is 2.32 bits per heavy atom. The number of aromatic nitrogens is 3. The van der Waals surface area contributed by atoms with E-state index in [9.17, 15) is 14.4 Å². The quantitative estimate of drug-likeness (QED) is 0.501. The van der Waals surface area contributed by atoms with Crippen LogP contribution in [0.15, 0.2) is 65.6 Å². The molecule has 1 amide bonds. The molecule has 1 aliphatic carbocycles. The van der Waals surface area contributed by atoms with E-state index < -0.39 is 0 Å². The second kappa shape index (κ2) is 9.57. The molecule has 3 aromatic rings. The third-order valence-corrected chi connectivity index (χ3v) is 8.39. The number of benzene rings is 1. The molecule has 8 heteroatoms. The molecule has 2 aromatic heterocycles. The summed E-state index contributed by atoms with van der Waals surface area (Å²) in [6, 6.07) is 16.3. The molecule has 6 rings (SSSR count). The largest absolute Gasteiger partial charge is 0.342 e. The smallest absolute Gasteiger partial charge is 0.255 e. The van der Waals surface area contributed by atoms with E-state index in [0.717, 1.165) is 38.5 Å². The van der Waals surface area contributed by atoms with Gasteiger partial charge in [0, 0.05) is 48.9 Å². The summed E-state index contributed by atoms with van der Waals surface area (Å²) in [7, 11) is 0. The Labute approximate surface area is 216 Å². The Bertz CT molecular complexity index is 1360. The first-order valence-corrected chi connectivity index (χ1v) is 13.2. The first-order chi connectivity index (χ1) is 18.0. The van der Waals surface area contributed by atoms with Crippen LogP contribution in [0.5, 0.6) is 0 Å². The van der Waals surface area contributed by atoms with Crippen LogP contribution in [0.25, 0.3) is 11.4 Å². The van der Waals surface area contributed by atoms with Crippen molar-refractivity contribution < 1.29 is 9.59 Å². The van der Waals surface area contributed by atoms with Crippen LogP contribution in [0.4, 0.5) is 5.95 Å². The Morgan fingerprint density at radius 1 is 0.919 bits per heavy atom. The van der Waals surface area contributed by atoms with E-state index in [4.69, 9.17) is 4.98 Å². The van der Waals surface area contributed by atoms with Crippen molar-refractivity contribution >= 4 is 17.6 Å². The molecule has 1 spiro atoms. The summed E-state index contributed by atoms with van der Waals surface area (Å²) in [5.41, 5.74) is 1.27. The number of Topliss-reactive ketones (excluding diaryl/α,β-unsaturated/α-hetero) is 1. The molecule has 37 heavy (non-hydrogen) atoms. The van der Waals surface area contributed by atoms with Gasteiger partial charge in [0.1, 0.15) is 0 Å². The molecule has 2 aliphatic heterocycles. The number of fused-ring (bicyclic) bond motifs is 1. The average Bonchev–Trinajstić information content (AvgIpc) is 2.90. The predicted molar refractivity (Wildman–Crippen MR) is 140 cm³/mol. The highest BCUT2D eigenvalue weighted by atomic mass is 16.2. The molecule has 1 aromatic carbocycles. The molecule has 8 nitrogen and oxygen atoms in total. The second-order valence-corrected chi connectivity index (χ2v) is 10.4. The topological polar surface area (TPSA) is 88.4 Å². The zero-order valence-corrected chi connectivity index (χ0v) is 20.9. The van der Waals surface area contributed by atoms with E-state index >= 15 is 0 Å². The Morgan fingerprint density at radius 2 is 1.65 bits per heavy atom. The van der Waals surface area contributed by atoms with Crippen LogP contribution in [0.1, 0.15) is 48.9 Å². The normalized spacial score (nSPS) is 18.8. The lowest BCUT2D eigenvalue weighted by atomic mass is 9.79. The minimum atomic E-state index is -0.344. The average molecular weight is 498 g/mol. The van der Waals surface area contributed by atoms with Crippen LogP contribution in [0.2, 0.25) is 0 Å². The monoisotopic (exact) mass is 497 g/mol. The van der Waals surface area contributed by atoms with Gasteiger partial charge in [0.15, 0.2) is 5.78 Å². The molecule has 0 bridgehead atoms. The number of ketones is 1. The van der Waals surface area contributed by atoms with Gasteiger partial charge < -0.3 is 9.80 Å². The summed E-state index contributed by atoms with van der Waals surface area (Å²) in [6.07, 6.45) is 7.04. The van der Waals surface area contributed by atoms with Crippen molar-refractivity contribution in [2.24, 2.45) is 5.92 Å². The molecule has 4 heterocycles. The van der Waals surface area contributed by atoms with Crippen LogP contribution in [-0.4, -0.2) is 56.3 Å². The molecule has 0 atom stereocenters. The van der Waals surface area contributed by atoms with Gasteiger partial charge in [-0.25, -0.2) is 4.98 Å². The SMILES string of the molecule is O=C(CN1c2nc(-c3ccccn3)cc(=O)n2CCC12CCN(C(=O)C1CCC1)CC2)c1ccccc1. The highest BCUT2D eigenvalue weighted by Gasteiger charge is 2.46. The molecule has 0 radical (unpaired) electrons. The van der Waals surface area contributed by atoms with Crippen molar-refractivity contribution in [1.82, 2.24) is 19.4 Å². The zero-order valence-electron chi connectivity index (χ0n) is 20.9. The van der Waals surface area contributed by atoms with Gasteiger partial charge in [-0.1, -0.05) is 42.8 Å². The fraction of sp³-hybridized carbons (Fsp3) is 0.414. The summed E-state index contributed by atoms with van der Waals surface area (Å²) < 4.78 is 1.68. The predicted octanol–water partition coefficient (Wildman–Crippen LogP) is 3.56. The second-order valence-electron chi connectivity index (χ2n) is 10.4. The Hall–Kier alpha value is -3.81. The van der Waals surface area contributed by atoms with Gasteiger partial charge in [0.05, 0.1) is 17.9 Å². The van der Waals surface area contributed by atoms with E-state index in [-0.39, 0.29) is 35.3 Å². The number of amides is 1. The lowest BCUT2D eigenvalue weighted by molar-refractivity contribution is -0.139. The lowest BCUT2D eigenvalue weighted by Gasteiger charge is -2.52. The Balaban J connectivity index is 1.37. The number of pyridine rings is 1. The molecular weight excluding hydrogens is 466 g/mol. The fourth-order valence-corrected chi connectivity index (χ4v) is 5.90. The third kappa shape index (κ3) is 4.34. The molecule has 2 fully saturated rings. The summed E-state index contributed by atoms with van der Waals surface area (Å²) >= 11 is 0. The van der Waals surface area contributed by atoms with Crippen LogP contribution < -0.4 is 10.5 Å². The first kappa shape index (κ1) is 23.6. The number of nitrogens with zero attached hydrogens (tertiary/aromatic N) is 5. The lowest BCUT2D eigenvalue weighted by Crippen LogP contribution is -2.62. The summed E-state index contributed by atoms with van der Waals surface area (Å²) in [4.78, 5) is 53.0. The van der Waals surface area contributed by atoms with Gasteiger partial charge in [0.2, 0.25) is 11.9 Å². The van der Waals surface area contributed by atoms with E-state index in [1.807, 2.05) is 53.4 Å². The number of carbonyl (C=O) groups excluding carboxylic acids is 2. The number of piperidine rings is 1. The van der Waals surface area contributed by atoms with Crippen LogP contribution in [0, 0.1) is 5.92 Å². The summed E-state index contributed by atoms with van der Waals surface area (Å²) in [5, 5.41) is 0. The maximum absolute atomic E-state index is 13.5. The van der Waals surface area contributed by atoms with Crippen molar-refractivity contribution in [3.63, 3.8) is 0 Å². The van der Waals surface area contributed by atoms with Crippen LogP contribution in [-0.2, 0) is 11.3 Å². The van der Waals surface area contributed by atoms with Gasteiger partial charge in [-0.2, -0.15) is 0 Å². The number of likely N-dealkylation sites (tertiary alicyclic amines) is 1. The Kier molecular flexibility index (Phi) is 6.10. The molecule has 0 N–H and O–H groups in total.